The van der Waals surface area contributed by atoms with Crippen LogP contribution in [0.25, 0.3) is 11.0 Å². The predicted octanol–water partition coefficient (Wildman–Crippen LogP) is 3.93. The number of methoxy groups -OCH3 is 1. The van der Waals surface area contributed by atoms with Crippen molar-refractivity contribution < 1.29 is 9.15 Å². The molecule has 0 atom stereocenters. The van der Waals surface area contributed by atoms with Crippen LogP contribution in [0, 0.1) is 11.3 Å². The lowest BCUT2D eigenvalue weighted by atomic mass is 10.2. The summed E-state index contributed by atoms with van der Waals surface area (Å²) in [6.45, 7) is 0.573. The van der Waals surface area contributed by atoms with Crippen LogP contribution < -0.4 is 10.1 Å². The molecule has 0 aliphatic carbocycles. The van der Waals surface area contributed by atoms with Crippen LogP contribution in [0.15, 0.2) is 52.9 Å². The Bertz CT molecular complexity index is 798. The normalized spacial score (nSPS) is 10.3. The van der Waals surface area contributed by atoms with E-state index in [1.54, 1.807) is 19.2 Å². The molecule has 4 nitrogen and oxygen atoms in total. The highest BCUT2D eigenvalue weighted by Gasteiger charge is 2.08. The summed E-state index contributed by atoms with van der Waals surface area (Å²) in [5, 5.41) is 13.1. The number of hydrogen-bond acceptors (Lipinski definition) is 4. The van der Waals surface area contributed by atoms with Gasteiger partial charge in [0.1, 0.15) is 5.76 Å². The van der Waals surface area contributed by atoms with Crippen LogP contribution >= 0.6 is 0 Å². The number of para-hydroxylation sites is 1. The number of benzene rings is 2. The number of furan rings is 1. The first kappa shape index (κ1) is 13.1. The van der Waals surface area contributed by atoms with Gasteiger partial charge in [-0.1, -0.05) is 12.1 Å². The number of rotatable bonds is 4. The van der Waals surface area contributed by atoms with Crippen LogP contribution in [0.2, 0.25) is 0 Å². The van der Waals surface area contributed by atoms with Gasteiger partial charge in [-0.15, -0.1) is 0 Å². The molecule has 1 heterocycles. The highest BCUT2D eigenvalue weighted by atomic mass is 16.5. The maximum Gasteiger partial charge on any atom is 0.176 e. The number of anilines is 1. The molecule has 104 valence electrons. The SMILES string of the molecule is COc1cccc2cc(CNc3ccc(C#N)cc3)oc12. The van der Waals surface area contributed by atoms with Gasteiger partial charge >= 0.3 is 0 Å². The van der Waals surface area contributed by atoms with E-state index in [1.807, 2.05) is 36.4 Å². The minimum Gasteiger partial charge on any atom is -0.493 e. The van der Waals surface area contributed by atoms with Crippen LogP contribution in [-0.4, -0.2) is 7.11 Å². The van der Waals surface area contributed by atoms with Gasteiger partial charge in [-0.3, -0.25) is 0 Å². The number of fused-ring (bicyclic) bond motifs is 1. The van der Waals surface area contributed by atoms with Crippen molar-refractivity contribution in [3.63, 3.8) is 0 Å². The first-order chi connectivity index (χ1) is 10.3. The van der Waals surface area contributed by atoms with Crippen molar-refractivity contribution in [1.29, 1.82) is 5.26 Å². The third-order valence-corrected chi connectivity index (χ3v) is 3.26. The van der Waals surface area contributed by atoms with Gasteiger partial charge in [-0.05, 0) is 36.4 Å². The maximum atomic E-state index is 8.77. The molecule has 1 aromatic heterocycles. The van der Waals surface area contributed by atoms with E-state index in [0.29, 0.717) is 12.1 Å². The lowest BCUT2D eigenvalue weighted by Crippen LogP contribution is -1.97. The quantitative estimate of drug-likeness (QED) is 0.785. The number of hydrogen-bond donors (Lipinski definition) is 1. The third kappa shape index (κ3) is 2.67. The van der Waals surface area contributed by atoms with Crippen molar-refractivity contribution in [3.05, 3.63) is 59.9 Å². The van der Waals surface area contributed by atoms with Crippen molar-refractivity contribution in [2.75, 3.05) is 12.4 Å². The van der Waals surface area contributed by atoms with Gasteiger partial charge in [-0.2, -0.15) is 5.26 Å². The summed E-state index contributed by atoms with van der Waals surface area (Å²) >= 11 is 0. The summed E-state index contributed by atoms with van der Waals surface area (Å²) in [6, 6.07) is 17.2. The van der Waals surface area contributed by atoms with Crippen molar-refractivity contribution in [2.24, 2.45) is 0 Å². The fraction of sp³-hybridized carbons (Fsp3) is 0.118. The second-order valence-corrected chi connectivity index (χ2v) is 4.63. The van der Waals surface area contributed by atoms with Crippen LogP contribution in [-0.2, 0) is 6.54 Å². The second-order valence-electron chi connectivity index (χ2n) is 4.63. The Labute approximate surface area is 122 Å². The van der Waals surface area contributed by atoms with Gasteiger partial charge in [0.05, 0.1) is 25.3 Å². The molecule has 3 rings (SSSR count). The summed E-state index contributed by atoms with van der Waals surface area (Å²) < 4.78 is 11.1. The Morgan fingerprint density at radius 1 is 1.19 bits per heavy atom. The molecular weight excluding hydrogens is 264 g/mol. The molecular formula is C17H14N2O2. The van der Waals surface area contributed by atoms with Crippen molar-refractivity contribution in [3.8, 4) is 11.8 Å². The fourth-order valence-corrected chi connectivity index (χ4v) is 2.19. The van der Waals surface area contributed by atoms with E-state index < -0.39 is 0 Å². The van der Waals surface area contributed by atoms with Crippen LogP contribution in [0.3, 0.4) is 0 Å². The van der Waals surface area contributed by atoms with Crippen LogP contribution in [0.5, 0.6) is 5.75 Å². The molecule has 4 heteroatoms. The van der Waals surface area contributed by atoms with Gasteiger partial charge in [0, 0.05) is 11.1 Å². The fourth-order valence-electron chi connectivity index (χ4n) is 2.19. The van der Waals surface area contributed by atoms with Crippen molar-refractivity contribution >= 4 is 16.7 Å². The van der Waals surface area contributed by atoms with E-state index in [9.17, 15) is 0 Å². The molecule has 0 unspecified atom stereocenters. The van der Waals surface area contributed by atoms with Gasteiger partial charge in [0.2, 0.25) is 0 Å². The third-order valence-electron chi connectivity index (χ3n) is 3.26. The molecule has 0 amide bonds. The average molecular weight is 278 g/mol. The molecule has 0 aliphatic rings. The summed E-state index contributed by atoms with van der Waals surface area (Å²) in [4.78, 5) is 0. The van der Waals surface area contributed by atoms with E-state index >= 15 is 0 Å². The molecule has 0 fully saturated rings. The van der Waals surface area contributed by atoms with E-state index in [1.165, 1.54) is 0 Å². The van der Waals surface area contributed by atoms with Gasteiger partial charge < -0.3 is 14.5 Å². The Hall–Kier alpha value is -2.93. The summed E-state index contributed by atoms with van der Waals surface area (Å²) in [5.41, 5.74) is 2.35. The van der Waals surface area contributed by atoms with E-state index in [4.69, 9.17) is 14.4 Å². The minimum atomic E-state index is 0.573. The zero-order chi connectivity index (χ0) is 14.7. The van der Waals surface area contributed by atoms with E-state index in [2.05, 4.69) is 11.4 Å². The average Bonchev–Trinajstić information content (AvgIpc) is 2.96. The first-order valence-corrected chi connectivity index (χ1v) is 6.59. The smallest absolute Gasteiger partial charge is 0.176 e. The standard InChI is InChI=1S/C17H14N2O2/c1-20-16-4-2-3-13-9-15(21-17(13)16)11-19-14-7-5-12(10-18)6-8-14/h2-9,19H,11H2,1H3. The Kier molecular flexibility index (Phi) is 3.48. The topological polar surface area (TPSA) is 58.2 Å². The van der Waals surface area contributed by atoms with E-state index in [-0.39, 0.29) is 0 Å². The molecule has 0 saturated carbocycles. The Balaban J connectivity index is 1.77. The zero-order valence-corrected chi connectivity index (χ0v) is 11.6. The molecule has 0 saturated heterocycles. The Morgan fingerprint density at radius 2 is 2.00 bits per heavy atom. The lowest BCUT2D eigenvalue weighted by Gasteiger charge is -2.03. The first-order valence-electron chi connectivity index (χ1n) is 6.59. The molecule has 0 radical (unpaired) electrons. The summed E-state index contributed by atoms with van der Waals surface area (Å²) in [5.74, 6) is 1.57. The van der Waals surface area contributed by atoms with Crippen molar-refractivity contribution in [2.45, 2.75) is 6.54 Å². The highest BCUT2D eigenvalue weighted by Crippen LogP contribution is 2.28. The zero-order valence-electron chi connectivity index (χ0n) is 11.6. The number of nitriles is 1. The summed E-state index contributed by atoms with van der Waals surface area (Å²) in [7, 11) is 1.63. The molecule has 2 aromatic carbocycles. The molecule has 21 heavy (non-hydrogen) atoms. The van der Waals surface area contributed by atoms with Gasteiger partial charge in [-0.25, -0.2) is 0 Å². The molecule has 0 spiro atoms. The number of ether oxygens (including phenoxy) is 1. The van der Waals surface area contributed by atoms with Crippen LogP contribution in [0.4, 0.5) is 5.69 Å². The minimum absolute atomic E-state index is 0.573. The number of nitrogens with zero attached hydrogens (tertiary/aromatic N) is 1. The maximum absolute atomic E-state index is 8.77. The highest BCUT2D eigenvalue weighted by molar-refractivity contribution is 5.83. The predicted molar refractivity (Wildman–Crippen MR) is 81.2 cm³/mol. The number of nitrogens with one attached hydrogen (secondary N) is 1. The molecule has 1 N–H and O–H groups in total. The second kappa shape index (κ2) is 5.59. The van der Waals surface area contributed by atoms with E-state index in [0.717, 1.165) is 28.2 Å². The Morgan fingerprint density at radius 3 is 2.71 bits per heavy atom. The van der Waals surface area contributed by atoms with Crippen molar-refractivity contribution in [1.82, 2.24) is 0 Å². The lowest BCUT2D eigenvalue weighted by molar-refractivity contribution is 0.408. The molecule has 0 aliphatic heterocycles. The largest absolute Gasteiger partial charge is 0.493 e. The molecule has 3 aromatic rings. The monoisotopic (exact) mass is 278 g/mol. The summed E-state index contributed by atoms with van der Waals surface area (Å²) in [6.07, 6.45) is 0. The molecule has 0 bridgehead atoms. The van der Waals surface area contributed by atoms with Gasteiger partial charge in [0.25, 0.3) is 0 Å². The van der Waals surface area contributed by atoms with Crippen LogP contribution in [0.1, 0.15) is 11.3 Å². The van der Waals surface area contributed by atoms with Gasteiger partial charge in [0.15, 0.2) is 11.3 Å².